The molecule has 0 amide bonds. The molecule has 0 bridgehead atoms. The molecule has 3 unspecified atom stereocenters. The van der Waals surface area contributed by atoms with E-state index in [9.17, 15) is 5.11 Å². The normalized spacial score (nSPS) is 30.9. The largest absolute Gasteiger partial charge is 0.393 e. The molecule has 2 aliphatic rings. The van der Waals surface area contributed by atoms with E-state index in [1.54, 1.807) is 7.11 Å². The van der Waals surface area contributed by atoms with Crippen molar-refractivity contribution >= 4 is 0 Å². The molecule has 100 valence electrons. The van der Waals surface area contributed by atoms with Crippen molar-refractivity contribution in [2.24, 2.45) is 11.8 Å². The Labute approximate surface area is 104 Å². The van der Waals surface area contributed by atoms with Crippen molar-refractivity contribution in [3.8, 4) is 0 Å². The summed E-state index contributed by atoms with van der Waals surface area (Å²) < 4.78 is 11.0. The molecule has 1 saturated heterocycles. The van der Waals surface area contributed by atoms with E-state index in [2.05, 4.69) is 6.92 Å². The van der Waals surface area contributed by atoms with Crippen LogP contribution in [-0.4, -0.2) is 37.1 Å². The van der Waals surface area contributed by atoms with Gasteiger partial charge in [0.2, 0.25) is 0 Å². The molecular weight excluding hydrogens is 216 g/mol. The molecule has 0 aromatic carbocycles. The summed E-state index contributed by atoms with van der Waals surface area (Å²) in [6.45, 7) is 3.72. The predicted octanol–water partition coefficient (Wildman–Crippen LogP) is 2.37. The Kier molecular flexibility index (Phi) is 4.45. The lowest BCUT2D eigenvalue weighted by Crippen LogP contribution is -2.48. The average Bonchev–Trinajstić information content (AvgIpc) is 2.27. The van der Waals surface area contributed by atoms with Crippen LogP contribution in [0.4, 0.5) is 0 Å². The van der Waals surface area contributed by atoms with Gasteiger partial charge in [-0.3, -0.25) is 0 Å². The zero-order valence-electron chi connectivity index (χ0n) is 11.2. The Morgan fingerprint density at radius 2 is 2.24 bits per heavy atom. The Balaban J connectivity index is 1.80. The summed E-state index contributed by atoms with van der Waals surface area (Å²) in [6, 6.07) is 0. The van der Waals surface area contributed by atoms with E-state index >= 15 is 0 Å². The third-order valence-electron chi connectivity index (χ3n) is 4.44. The van der Waals surface area contributed by atoms with Gasteiger partial charge < -0.3 is 14.6 Å². The molecule has 17 heavy (non-hydrogen) atoms. The maximum Gasteiger partial charge on any atom is 0.0686 e. The Morgan fingerprint density at radius 3 is 2.82 bits per heavy atom. The summed E-state index contributed by atoms with van der Waals surface area (Å²) in [5.74, 6) is 0.874. The predicted molar refractivity (Wildman–Crippen MR) is 66.9 cm³/mol. The van der Waals surface area contributed by atoms with Crippen LogP contribution in [0.3, 0.4) is 0 Å². The molecule has 1 aliphatic heterocycles. The standard InChI is InChI=1S/C14H26O3/c1-11(10-16-2)8-13(15)12-4-7-17-14(9-12)5-3-6-14/h11-13,15H,3-10H2,1-2H3. The van der Waals surface area contributed by atoms with Crippen molar-refractivity contribution in [2.75, 3.05) is 20.3 Å². The van der Waals surface area contributed by atoms with E-state index in [0.29, 0.717) is 11.8 Å². The molecule has 2 fully saturated rings. The van der Waals surface area contributed by atoms with Crippen LogP contribution >= 0.6 is 0 Å². The fourth-order valence-corrected chi connectivity index (χ4v) is 3.27. The topological polar surface area (TPSA) is 38.7 Å². The van der Waals surface area contributed by atoms with Crippen molar-refractivity contribution < 1.29 is 14.6 Å². The van der Waals surface area contributed by atoms with Crippen LogP contribution in [0.2, 0.25) is 0 Å². The highest BCUT2D eigenvalue weighted by Gasteiger charge is 2.44. The summed E-state index contributed by atoms with van der Waals surface area (Å²) in [5, 5.41) is 10.3. The summed E-state index contributed by atoms with van der Waals surface area (Å²) in [4.78, 5) is 0. The minimum Gasteiger partial charge on any atom is -0.393 e. The van der Waals surface area contributed by atoms with Gasteiger partial charge in [-0.05, 0) is 50.4 Å². The zero-order chi connectivity index (χ0) is 12.3. The molecule has 3 atom stereocenters. The maximum atomic E-state index is 10.3. The van der Waals surface area contributed by atoms with Crippen LogP contribution in [0.25, 0.3) is 0 Å². The van der Waals surface area contributed by atoms with E-state index in [4.69, 9.17) is 9.47 Å². The third kappa shape index (κ3) is 3.21. The summed E-state index contributed by atoms with van der Waals surface area (Å²) >= 11 is 0. The Bertz CT molecular complexity index is 238. The van der Waals surface area contributed by atoms with Gasteiger partial charge in [0.05, 0.1) is 11.7 Å². The first kappa shape index (κ1) is 13.3. The second kappa shape index (κ2) is 5.68. The Morgan fingerprint density at radius 1 is 1.47 bits per heavy atom. The Hall–Kier alpha value is -0.120. The molecule has 1 N–H and O–H groups in total. The molecule has 3 heteroatoms. The van der Waals surface area contributed by atoms with Gasteiger partial charge in [0, 0.05) is 20.3 Å². The zero-order valence-corrected chi connectivity index (χ0v) is 11.2. The summed E-state index contributed by atoms with van der Waals surface area (Å²) in [6.07, 6.45) is 6.45. The third-order valence-corrected chi connectivity index (χ3v) is 4.44. The van der Waals surface area contributed by atoms with Crippen molar-refractivity contribution in [1.29, 1.82) is 0 Å². The fraction of sp³-hybridized carbons (Fsp3) is 1.00. The van der Waals surface area contributed by atoms with Gasteiger partial charge in [-0.1, -0.05) is 6.92 Å². The van der Waals surface area contributed by atoms with Gasteiger partial charge in [-0.15, -0.1) is 0 Å². The van der Waals surface area contributed by atoms with Crippen molar-refractivity contribution in [1.82, 2.24) is 0 Å². The highest BCUT2D eigenvalue weighted by atomic mass is 16.5. The van der Waals surface area contributed by atoms with Gasteiger partial charge in [0.25, 0.3) is 0 Å². The van der Waals surface area contributed by atoms with E-state index in [-0.39, 0.29) is 11.7 Å². The number of hydrogen-bond acceptors (Lipinski definition) is 3. The number of ether oxygens (including phenoxy) is 2. The van der Waals surface area contributed by atoms with Crippen LogP contribution in [0.1, 0.15) is 45.4 Å². The molecule has 0 radical (unpaired) electrons. The highest BCUT2D eigenvalue weighted by Crippen LogP contribution is 2.45. The van der Waals surface area contributed by atoms with E-state index < -0.39 is 0 Å². The first-order valence-corrected chi connectivity index (χ1v) is 6.96. The maximum absolute atomic E-state index is 10.3. The van der Waals surface area contributed by atoms with Crippen molar-refractivity contribution in [3.63, 3.8) is 0 Å². The number of hydrogen-bond donors (Lipinski definition) is 1. The smallest absolute Gasteiger partial charge is 0.0686 e. The van der Waals surface area contributed by atoms with Crippen LogP contribution in [0, 0.1) is 11.8 Å². The minimum absolute atomic E-state index is 0.147. The van der Waals surface area contributed by atoms with Gasteiger partial charge in [0.15, 0.2) is 0 Å². The lowest BCUT2D eigenvalue weighted by molar-refractivity contribution is -0.158. The SMILES string of the molecule is COCC(C)CC(O)C1CCOC2(CCC2)C1. The monoisotopic (exact) mass is 242 g/mol. The van der Waals surface area contributed by atoms with E-state index in [1.807, 2.05) is 0 Å². The number of aliphatic hydroxyl groups is 1. The van der Waals surface area contributed by atoms with Crippen LogP contribution in [-0.2, 0) is 9.47 Å². The quantitative estimate of drug-likeness (QED) is 0.804. The van der Waals surface area contributed by atoms with Gasteiger partial charge in [-0.2, -0.15) is 0 Å². The first-order valence-electron chi connectivity index (χ1n) is 6.96. The van der Waals surface area contributed by atoms with Crippen LogP contribution in [0.5, 0.6) is 0 Å². The van der Waals surface area contributed by atoms with Gasteiger partial charge in [-0.25, -0.2) is 0 Å². The van der Waals surface area contributed by atoms with E-state index in [0.717, 1.165) is 32.5 Å². The summed E-state index contributed by atoms with van der Waals surface area (Å²) in [5.41, 5.74) is 0.147. The molecule has 2 rings (SSSR count). The molecule has 0 aromatic rings. The summed E-state index contributed by atoms with van der Waals surface area (Å²) in [7, 11) is 1.72. The van der Waals surface area contributed by atoms with Crippen LogP contribution < -0.4 is 0 Å². The first-order chi connectivity index (χ1) is 8.15. The number of rotatable bonds is 5. The lowest BCUT2D eigenvalue weighted by atomic mass is 9.70. The minimum atomic E-state index is -0.179. The number of methoxy groups -OCH3 is 1. The fourth-order valence-electron chi connectivity index (χ4n) is 3.27. The van der Waals surface area contributed by atoms with Crippen molar-refractivity contribution in [3.05, 3.63) is 0 Å². The van der Waals surface area contributed by atoms with E-state index in [1.165, 1.54) is 19.3 Å². The molecule has 0 aromatic heterocycles. The van der Waals surface area contributed by atoms with Crippen LogP contribution in [0.15, 0.2) is 0 Å². The lowest BCUT2D eigenvalue weighted by Gasteiger charge is -2.48. The second-order valence-corrected chi connectivity index (χ2v) is 6.00. The molecule has 1 aliphatic carbocycles. The van der Waals surface area contributed by atoms with Gasteiger partial charge >= 0.3 is 0 Å². The molecule has 1 spiro atoms. The average molecular weight is 242 g/mol. The molecule has 3 nitrogen and oxygen atoms in total. The molecule has 1 heterocycles. The molecule has 1 saturated carbocycles. The van der Waals surface area contributed by atoms with Crippen molar-refractivity contribution in [2.45, 2.75) is 57.2 Å². The number of aliphatic hydroxyl groups excluding tert-OH is 1. The highest BCUT2D eigenvalue weighted by molar-refractivity contribution is 4.95. The second-order valence-electron chi connectivity index (χ2n) is 6.00. The van der Waals surface area contributed by atoms with Gasteiger partial charge in [0.1, 0.15) is 0 Å². The molecular formula is C14H26O3.